The molecule has 0 aliphatic heterocycles. The van der Waals surface area contributed by atoms with Crippen molar-refractivity contribution in [2.24, 2.45) is 5.73 Å². The van der Waals surface area contributed by atoms with Crippen LogP contribution >= 0.6 is 0 Å². The van der Waals surface area contributed by atoms with Gasteiger partial charge in [-0.2, -0.15) is 0 Å². The number of nitrogen functional groups attached to an aromatic ring is 1. The summed E-state index contributed by atoms with van der Waals surface area (Å²) in [5.74, 6) is 0.118. The minimum atomic E-state index is 0.118. The lowest BCUT2D eigenvalue weighted by molar-refractivity contribution is 0.271. The van der Waals surface area contributed by atoms with E-state index in [4.69, 9.17) is 16.2 Å². The quantitative estimate of drug-likeness (QED) is 0.381. The van der Waals surface area contributed by atoms with Crippen LogP contribution in [0.3, 0.4) is 0 Å². The highest BCUT2D eigenvalue weighted by atomic mass is 16.2. The predicted octanol–water partition coefficient (Wildman–Crippen LogP) is 1.87. The molecule has 106 valence electrons. The first-order valence-corrected chi connectivity index (χ1v) is 6.78. The van der Waals surface area contributed by atoms with Crippen LogP contribution in [0.4, 0.5) is 0 Å². The van der Waals surface area contributed by atoms with Crippen LogP contribution in [0.2, 0.25) is 0 Å². The van der Waals surface area contributed by atoms with Gasteiger partial charge in [-0.25, -0.2) is 0 Å². The number of nitrogens with two attached hydrogens (primary N) is 1. The number of amidine groups is 1. The summed E-state index contributed by atoms with van der Waals surface area (Å²) < 4.78 is 0. The fourth-order valence-corrected chi connectivity index (χ4v) is 2.08. The Hall–Kier alpha value is -1.39. The van der Waals surface area contributed by atoms with Crippen molar-refractivity contribution in [1.82, 2.24) is 4.90 Å². The summed E-state index contributed by atoms with van der Waals surface area (Å²) in [7, 11) is 2.11. The fourth-order valence-electron chi connectivity index (χ4n) is 2.08. The highest BCUT2D eigenvalue weighted by Crippen LogP contribution is 2.13. The number of aliphatic hydroxyl groups is 1. The Bertz CT molecular complexity index is 418. The van der Waals surface area contributed by atoms with Crippen molar-refractivity contribution in [3.05, 3.63) is 34.9 Å². The molecule has 0 aliphatic rings. The van der Waals surface area contributed by atoms with Crippen molar-refractivity contribution >= 4 is 5.84 Å². The number of nitrogens with one attached hydrogen (secondary N) is 1. The maximum atomic E-state index is 8.73. The molecule has 0 atom stereocenters. The first kappa shape index (κ1) is 15.7. The van der Waals surface area contributed by atoms with Crippen molar-refractivity contribution in [3.63, 3.8) is 0 Å². The van der Waals surface area contributed by atoms with Gasteiger partial charge in [-0.05, 0) is 57.0 Å². The molecule has 0 heterocycles. The lowest BCUT2D eigenvalue weighted by Crippen LogP contribution is -2.20. The number of nitrogens with zero attached hydrogens (tertiary/aromatic N) is 1. The number of benzene rings is 1. The molecule has 0 fully saturated rings. The second-order valence-corrected chi connectivity index (χ2v) is 5.08. The van der Waals surface area contributed by atoms with Gasteiger partial charge >= 0.3 is 0 Å². The van der Waals surface area contributed by atoms with Crippen LogP contribution in [0.5, 0.6) is 0 Å². The number of rotatable bonds is 8. The van der Waals surface area contributed by atoms with Crippen molar-refractivity contribution in [2.75, 3.05) is 20.2 Å². The molecular formula is C15H25N3O. The van der Waals surface area contributed by atoms with E-state index >= 15 is 0 Å². The minimum Gasteiger partial charge on any atom is -0.396 e. The van der Waals surface area contributed by atoms with Gasteiger partial charge in [0.15, 0.2) is 0 Å². The van der Waals surface area contributed by atoms with Crippen LogP contribution in [0, 0.1) is 12.3 Å². The third kappa shape index (κ3) is 5.41. The molecule has 0 spiro atoms. The second kappa shape index (κ2) is 7.92. The lowest BCUT2D eigenvalue weighted by atomic mass is 10.0. The van der Waals surface area contributed by atoms with Crippen LogP contribution in [0.1, 0.15) is 36.0 Å². The Balaban J connectivity index is 2.50. The van der Waals surface area contributed by atoms with Crippen LogP contribution < -0.4 is 5.73 Å². The van der Waals surface area contributed by atoms with Gasteiger partial charge in [0, 0.05) is 18.7 Å². The molecule has 0 unspecified atom stereocenters. The molecule has 0 aromatic heterocycles. The topological polar surface area (TPSA) is 73.3 Å². The zero-order valence-corrected chi connectivity index (χ0v) is 11.9. The van der Waals surface area contributed by atoms with Gasteiger partial charge in [0.25, 0.3) is 0 Å². The molecule has 1 rings (SSSR count). The Morgan fingerprint density at radius 2 is 2.05 bits per heavy atom. The summed E-state index contributed by atoms with van der Waals surface area (Å²) in [6.07, 6.45) is 3.07. The highest BCUT2D eigenvalue weighted by Gasteiger charge is 2.05. The predicted molar refractivity (Wildman–Crippen MR) is 79.5 cm³/mol. The van der Waals surface area contributed by atoms with E-state index < -0.39 is 0 Å². The largest absolute Gasteiger partial charge is 0.396 e. The van der Waals surface area contributed by atoms with E-state index in [1.54, 1.807) is 0 Å². The van der Waals surface area contributed by atoms with Crippen molar-refractivity contribution in [2.45, 2.75) is 32.7 Å². The number of hydrogen-bond acceptors (Lipinski definition) is 3. The molecule has 4 N–H and O–H groups in total. The van der Waals surface area contributed by atoms with Crippen LogP contribution in [-0.4, -0.2) is 36.0 Å². The summed E-state index contributed by atoms with van der Waals surface area (Å²) in [6, 6.07) is 5.93. The second-order valence-electron chi connectivity index (χ2n) is 5.08. The Labute approximate surface area is 115 Å². The summed E-state index contributed by atoms with van der Waals surface area (Å²) >= 11 is 0. The molecule has 0 amide bonds. The van der Waals surface area contributed by atoms with E-state index in [0.717, 1.165) is 37.9 Å². The summed E-state index contributed by atoms with van der Waals surface area (Å²) in [5.41, 5.74) is 8.71. The third-order valence-electron chi connectivity index (χ3n) is 3.29. The molecule has 1 aromatic rings. The fraction of sp³-hybridized carbons (Fsp3) is 0.533. The first-order valence-electron chi connectivity index (χ1n) is 6.78. The molecule has 0 saturated carbocycles. The average molecular weight is 263 g/mol. The van der Waals surface area contributed by atoms with Crippen molar-refractivity contribution in [1.29, 1.82) is 5.41 Å². The standard InChI is InChI=1S/C15H25N3O/c1-12-10-13(15(16)17)6-7-14(12)11-18(2)8-4-3-5-9-19/h6-7,10,19H,3-5,8-9,11H2,1-2H3,(H3,16,17). The molecule has 4 heteroatoms. The lowest BCUT2D eigenvalue weighted by Gasteiger charge is -2.18. The zero-order valence-electron chi connectivity index (χ0n) is 11.9. The molecule has 4 nitrogen and oxygen atoms in total. The van der Waals surface area contributed by atoms with Gasteiger partial charge in [-0.1, -0.05) is 12.1 Å². The number of aryl methyl sites for hydroxylation is 1. The van der Waals surface area contributed by atoms with E-state index in [-0.39, 0.29) is 12.4 Å². The molecule has 0 bridgehead atoms. The van der Waals surface area contributed by atoms with E-state index in [1.807, 2.05) is 12.1 Å². The molecular weight excluding hydrogens is 238 g/mol. The number of aliphatic hydroxyl groups excluding tert-OH is 1. The molecule has 1 aromatic carbocycles. The highest BCUT2D eigenvalue weighted by molar-refractivity contribution is 5.95. The van der Waals surface area contributed by atoms with Crippen molar-refractivity contribution in [3.8, 4) is 0 Å². The SMILES string of the molecule is Cc1cc(C(=N)N)ccc1CN(C)CCCCCO. The number of hydrogen-bond donors (Lipinski definition) is 3. The van der Waals surface area contributed by atoms with Crippen molar-refractivity contribution < 1.29 is 5.11 Å². The van der Waals surface area contributed by atoms with Crippen LogP contribution in [-0.2, 0) is 6.54 Å². The molecule has 19 heavy (non-hydrogen) atoms. The van der Waals surface area contributed by atoms with Gasteiger partial charge in [0.1, 0.15) is 5.84 Å². The van der Waals surface area contributed by atoms with Gasteiger partial charge in [-0.3, -0.25) is 5.41 Å². The summed E-state index contributed by atoms with van der Waals surface area (Å²) in [6.45, 7) is 4.29. The summed E-state index contributed by atoms with van der Waals surface area (Å²) in [4.78, 5) is 2.28. The molecule has 0 saturated heterocycles. The van der Waals surface area contributed by atoms with Crippen LogP contribution in [0.25, 0.3) is 0 Å². The molecule has 0 aliphatic carbocycles. The van der Waals surface area contributed by atoms with E-state index in [2.05, 4.69) is 24.9 Å². The minimum absolute atomic E-state index is 0.118. The van der Waals surface area contributed by atoms with E-state index in [1.165, 1.54) is 11.1 Å². The maximum Gasteiger partial charge on any atom is 0.122 e. The average Bonchev–Trinajstić information content (AvgIpc) is 2.37. The van der Waals surface area contributed by atoms with E-state index in [0.29, 0.717) is 0 Å². The summed E-state index contributed by atoms with van der Waals surface area (Å²) in [5, 5.41) is 16.2. The van der Waals surface area contributed by atoms with Gasteiger partial charge in [0.2, 0.25) is 0 Å². The van der Waals surface area contributed by atoms with Crippen LogP contribution in [0.15, 0.2) is 18.2 Å². The van der Waals surface area contributed by atoms with E-state index in [9.17, 15) is 0 Å². The monoisotopic (exact) mass is 263 g/mol. The zero-order chi connectivity index (χ0) is 14.3. The van der Waals surface area contributed by atoms with Gasteiger partial charge in [-0.15, -0.1) is 0 Å². The smallest absolute Gasteiger partial charge is 0.122 e. The van der Waals surface area contributed by atoms with Gasteiger partial charge < -0.3 is 15.7 Å². The molecule has 0 radical (unpaired) electrons. The number of unbranched alkanes of at least 4 members (excludes halogenated alkanes) is 2. The Morgan fingerprint density at radius 3 is 2.63 bits per heavy atom. The third-order valence-corrected chi connectivity index (χ3v) is 3.29. The Morgan fingerprint density at radius 1 is 1.32 bits per heavy atom. The van der Waals surface area contributed by atoms with Gasteiger partial charge in [0.05, 0.1) is 0 Å². The maximum absolute atomic E-state index is 8.73. The first-order chi connectivity index (χ1) is 9.04. The Kier molecular flexibility index (Phi) is 6.53. The normalized spacial score (nSPS) is 10.9.